The van der Waals surface area contributed by atoms with Crippen molar-refractivity contribution < 1.29 is 19.7 Å². The first kappa shape index (κ1) is 20.3. The van der Waals surface area contributed by atoms with Crippen LogP contribution in [0.3, 0.4) is 0 Å². The molecule has 0 saturated heterocycles. The normalized spacial score (nSPS) is 45.1. The molecule has 4 heteroatoms. The lowest BCUT2D eigenvalue weighted by molar-refractivity contribution is -0.160. The van der Waals surface area contributed by atoms with E-state index in [2.05, 4.69) is 20.8 Å². The van der Waals surface area contributed by atoms with E-state index in [-0.39, 0.29) is 22.9 Å². The molecule has 0 radical (unpaired) electrons. The van der Waals surface area contributed by atoms with Gasteiger partial charge >= 0.3 is 0 Å². The molecule has 0 heterocycles. The van der Waals surface area contributed by atoms with Gasteiger partial charge in [-0.1, -0.05) is 27.2 Å². The Hall–Kier alpha value is -0.450. The van der Waals surface area contributed by atoms with Crippen molar-refractivity contribution in [1.29, 1.82) is 0 Å². The second kappa shape index (κ2) is 7.52. The Morgan fingerprint density at radius 3 is 2.69 bits per heavy atom. The number of ether oxygens (including phenoxy) is 1. The predicted octanol–water partition coefficient (Wildman–Crippen LogP) is 3.73. The molecular formula is C22H38O4. The fourth-order valence-electron chi connectivity index (χ4n) is 6.75. The maximum atomic E-state index is 12.5. The summed E-state index contributed by atoms with van der Waals surface area (Å²) in [6.07, 6.45) is 6.26. The molecule has 8 atom stereocenters. The van der Waals surface area contributed by atoms with E-state index in [1.807, 2.05) is 6.92 Å². The van der Waals surface area contributed by atoms with Crippen LogP contribution in [0.5, 0.6) is 0 Å². The van der Waals surface area contributed by atoms with E-state index in [4.69, 9.17) is 4.74 Å². The number of hydrogen-bond acceptors (Lipinski definition) is 4. The van der Waals surface area contributed by atoms with E-state index in [9.17, 15) is 15.0 Å². The minimum Gasteiger partial charge on any atom is -0.393 e. The summed E-state index contributed by atoms with van der Waals surface area (Å²) in [5.74, 6) is 1.42. The molecular weight excluding hydrogens is 328 g/mol. The molecule has 150 valence electrons. The minimum absolute atomic E-state index is 0.0370. The Morgan fingerprint density at radius 2 is 2.04 bits per heavy atom. The van der Waals surface area contributed by atoms with Gasteiger partial charge in [0.25, 0.3) is 0 Å². The highest BCUT2D eigenvalue weighted by molar-refractivity contribution is 5.87. The quantitative estimate of drug-likeness (QED) is 0.752. The van der Waals surface area contributed by atoms with Crippen LogP contribution in [-0.2, 0) is 9.53 Å². The molecule has 3 rings (SSSR count). The van der Waals surface area contributed by atoms with Gasteiger partial charge in [0.1, 0.15) is 5.78 Å². The van der Waals surface area contributed by atoms with E-state index in [1.165, 1.54) is 0 Å². The molecule has 3 aliphatic rings. The molecule has 0 aromatic heterocycles. The van der Waals surface area contributed by atoms with Crippen molar-refractivity contribution >= 4 is 5.78 Å². The zero-order valence-electron chi connectivity index (χ0n) is 17.0. The van der Waals surface area contributed by atoms with Gasteiger partial charge in [0.15, 0.2) is 0 Å². The number of hydrogen-bond donors (Lipinski definition) is 2. The number of Topliss-reactive ketones (excluding diaryl/α,β-unsaturated/α-hetero) is 1. The number of rotatable bonds is 6. The first-order valence-electron chi connectivity index (χ1n) is 10.7. The Balaban J connectivity index is 1.84. The molecule has 2 N–H and O–H groups in total. The van der Waals surface area contributed by atoms with Gasteiger partial charge in [0, 0.05) is 18.4 Å². The van der Waals surface area contributed by atoms with Gasteiger partial charge in [0.05, 0.1) is 18.3 Å². The Morgan fingerprint density at radius 1 is 1.31 bits per heavy atom. The Labute approximate surface area is 158 Å². The lowest BCUT2D eigenvalue weighted by Crippen LogP contribution is -2.56. The predicted molar refractivity (Wildman–Crippen MR) is 102 cm³/mol. The van der Waals surface area contributed by atoms with Crippen LogP contribution in [0.25, 0.3) is 0 Å². The van der Waals surface area contributed by atoms with E-state index in [0.717, 1.165) is 38.5 Å². The third kappa shape index (κ3) is 3.38. The van der Waals surface area contributed by atoms with Gasteiger partial charge in [-0.2, -0.15) is 0 Å². The van der Waals surface area contributed by atoms with Crippen LogP contribution in [0.15, 0.2) is 0 Å². The summed E-state index contributed by atoms with van der Waals surface area (Å²) < 4.78 is 5.97. The van der Waals surface area contributed by atoms with Crippen LogP contribution in [0.2, 0.25) is 0 Å². The molecule has 0 aromatic rings. The number of ketones is 1. The Kier molecular flexibility index (Phi) is 5.87. The van der Waals surface area contributed by atoms with E-state index in [1.54, 1.807) is 0 Å². The largest absolute Gasteiger partial charge is 0.393 e. The third-order valence-corrected chi connectivity index (χ3v) is 8.00. The van der Waals surface area contributed by atoms with Crippen molar-refractivity contribution in [2.45, 2.75) is 97.4 Å². The van der Waals surface area contributed by atoms with E-state index in [0.29, 0.717) is 37.1 Å². The van der Waals surface area contributed by atoms with Crippen LogP contribution >= 0.6 is 0 Å². The molecule has 8 unspecified atom stereocenters. The maximum absolute atomic E-state index is 12.5. The number of fused-ring (bicyclic) bond motifs is 3. The topological polar surface area (TPSA) is 66.8 Å². The van der Waals surface area contributed by atoms with Crippen molar-refractivity contribution in [2.75, 3.05) is 6.61 Å². The van der Waals surface area contributed by atoms with Crippen molar-refractivity contribution in [3.63, 3.8) is 0 Å². The maximum Gasteiger partial charge on any atom is 0.139 e. The van der Waals surface area contributed by atoms with Crippen LogP contribution in [-0.4, -0.2) is 40.9 Å². The molecule has 4 nitrogen and oxygen atoms in total. The molecule has 0 amide bonds. The van der Waals surface area contributed by atoms with Crippen LogP contribution in [0.1, 0.15) is 79.1 Å². The highest BCUT2D eigenvalue weighted by Gasteiger charge is 2.61. The second-order valence-corrected chi connectivity index (χ2v) is 9.85. The summed E-state index contributed by atoms with van der Waals surface area (Å²) in [5, 5.41) is 21.4. The number of carbonyl (C=O) groups excluding carboxylic acids is 1. The highest BCUT2D eigenvalue weighted by atomic mass is 16.5. The summed E-state index contributed by atoms with van der Waals surface area (Å²) in [6, 6.07) is 0. The van der Waals surface area contributed by atoms with Gasteiger partial charge in [0.2, 0.25) is 0 Å². The van der Waals surface area contributed by atoms with Crippen LogP contribution in [0.4, 0.5) is 0 Å². The summed E-state index contributed by atoms with van der Waals surface area (Å²) in [4.78, 5) is 12.5. The summed E-state index contributed by atoms with van der Waals surface area (Å²) in [5.41, 5.74) is -0.355. The zero-order valence-corrected chi connectivity index (χ0v) is 17.0. The lowest BCUT2D eigenvalue weighted by Gasteiger charge is -2.57. The highest BCUT2D eigenvalue weighted by Crippen LogP contribution is 2.62. The van der Waals surface area contributed by atoms with Crippen LogP contribution in [0, 0.1) is 28.6 Å². The summed E-state index contributed by atoms with van der Waals surface area (Å²) in [7, 11) is 0. The summed E-state index contributed by atoms with van der Waals surface area (Å²) in [6.45, 7) is 8.95. The number of aliphatic hydroxyl groups excluding tert-OH is 2. The lowest BCUT2D eigenvalue weighted by atomic mass is 9.48. The molecule has 26 heavy (non-hydrogen) atoms. The Bertz CT molecular complexity index is 518. The molecule has 0 spiro atoms. The van der Waals surface area contributed by atoms with E-state index < -0.39 is 12.2 Å². The van der Waals surface area contributed by atoms with Gasteiger partial charge in [-0.3, -0.25) is 4.79 Å². The average Bonchev–Trinajstić information content (AvgIpc) is 2.86. The summed E-state index contributed by atoms with van der Waals surface area (Å²) >= 11 is 0. The SMILES string of the molecule is CCCOC(CC1(C)CCCC2C1C(O)CC1(C)C(=O)CCC21)C(C)O. The molecule has 3 aliphatic carbocycles. The molecule has 0 aromatic carbocycles. The van der Waals surface area contributed by atoms with Crippen molar-refractivity contribution in [3.8, 4) is 0 Å². The smallest absolute Gasteiger partial charge is 0.139 e. The van der Waals surface area contributed by atoms with Crippen molar-refractivity contribution in [1.82, 2.24) is 0 Å². The molecule has 3 saturated carbocycles. The number of carbonyl (C=O) groups is 1. The van der Waals surface area contributed by atoms with E-state index >= 15 is 0 Å². The van der Waals surface area contributed by atoms with Crippen molar-refractivity contribution in [2.24, 2.45) is 28.6 Å². The molecule has 0 bridgehead atoms. The number of aliphatic hydroxyl groups is 2. The van der Waals surface area contributed by atoms with Crippen molar-refractivity contribution in [3.05, 3.63) is 0 Å². The molecule has 0 aliphatic heterocycles. The van der Waals surface area contributed by atoms with Gasteiger partial charge in [-0.05, 0) is 68.6 Å². The minimum atomic E-state index is -0.502. The van der Waals surface area contributed by atoms with Gasteiger partial charge in [-0.15, -0.1) is 0 Å². The standard InChI is InChI=1S/C22H38O4/c1-5-11-26-18(14(2)23)13-21(3)10-6-7-15-16-8-9-19(25)22(16,4)12-17(24)20(15)21/h14-18,20,23-24H,5-13H2,1-4H3. The monoisotopic (exact) mass is 366 g/mol. The van der Waals surface area contributed by atoms with Gasteiger partial charge < -0.3 is 14.9 Å². The average molecular weight is 367 g/mol. The zero-order chi connectivity index (χ0) is 19.1. The first-order valence-corrected chi connectivity index (χ1v) is 10.7. The fourth-order valence-corrected chi connectivity index (χ4v) is 6.75. The van der Waals surface area contributed by atoms with Crippen LogP contribution < -0.4 is 0 Å². The first-order chi connectivity index (χ1) is 12.2. The molecule has 3 fully saturated rings. The third-order valence-electron chi connectivity index (χ3n) is 8.00. The van der Waals surface area contributed by atoms with Gasteiger partial charge in [-0.25, -0.2) is 0 Å². The fraction of sp³-hybridized carbons (Fsp3) is 0.955. The second-order valence-electron chi connectivity index (χ2n) is 9.85.